The van der Waals surface area contributed by atoms with Crippen LogP contribution in [-0.4, -0.2) is 29.2 Å². The fourth-order valence-corrected chi connectivity index (χ4v) is 1.94. The van der Waals surface area contributed by atoms with Crippen molar-refractivity contribution in [3.8, 4) is 11.8 Å². The van der Waals surface area contributed by atoms with Gasteiger partial charge in [0.05, 0.1) is 26.5 Å². The monoisotopic (exact) mass is 275 g/mol. The molecule has 0 fully saturated rings. The summed E-state index contributed by atoms with van der Waals surface area (Å²) in [5, 5.41) is 0. The second-order valence-corrected chi connectivity index (χ2v) is 4.14. The van der Waals surface area contributed by atoms with Crippen molar-refractivity contribution in [3.63, 3.8) is 0 Å². The van der Waals surface area contributed by atoms with Gasteiger partial charge in [-0.15, -0.1) is 0 Å². The fourth-order valence-electron chi connectivity index (χ4n) is 1.94. The van der Waals surface area contributed by atoms with Crippen LogP contribution >= 0.6 is 0 Å². The van der Waals surface area contributed by atoms with Gasteiger partial charge in [0.2, 0.25) is 11.8 Å². The molecule has 0 radical (unpaired) electrons. The summed E-state index contributed by atoms with van der Waals surface area (Å²) in [6, 6.07) is 1.54. The predicted octanol–water partition coefficient (Wildman–Crippen LogP) is 0.750. The smallest absolute Gasteiger partial charge is 0.240 e. The predicted molar refractivity (Wildman–Crippen MR) is 73.3 cm³/mol. The van der Waals surface area contributed by atoms with Gasteiger partial charge in [0, 0.05) is 12.4 Å². The number of hydrogen-bond acceptors (Lipinski definition) is 7. The Morgan fingerprint density at radius 3 is 2.65 bits per heavy atom. The lowest BCUT2D eigenvalue weighted by Gasteiger charge is -2.19. The van der Waals surface area contributed by atoms with E-state index >= 15 is 0 Å². The number of hydrogen-bond donors (Lipinski definition) is 2. The van der Waals surface area contributed by atoms with Gasteiger partial charge in [-0.05, 0) is 24.1 Å². The van der Waals surface area contributed by atoms with Crippen LogP contribution in [0.4, 0.5) is 0 Å². The SMILES string of the molecule is COc1cnc(C(NN)c2ccncc2C)c(OC)n1. The van der Waals surface area contributed by atoms with Crippen LogP contribution in [0, 0.1) is 6.92 Å². The molecule has 0 amide bonds. The minimum atomic E-state index is -0.341. The first-order chi connectivity index (χ1) is 9.71. The Labute approximate surface area is 117 Å². The highest BCUT2D eigenvalue weighted by molar-refractivity contribution is 5.36. The highest BCUT2D eigenvalue weighted by atomic mass is 16.5. The molecule has 3 N–H and O–H groups in total. The van der Waals surface area contributed by atoms with Gasteiger partial charge in [0.25, 0.3) is 0 Å². The topological polar surface area (TPSA) is 95.2 Å². The van der Waals surface area contributed by atoms with Crippen molar-refractivity contribution in [1.82, 2.24) is 20.4 Å². The molecule has 0 saturated carbocycles. The molecular weight excluding hydrogens is 258 g/mol. The molecule has 0 aliphatic carbocycles. The molecule has 20 heavy (non-hydrogen) atoms. The number of ether oxygens (including phenoxy) is 2. The van der Waals surface area contributed by atoms with E-state index in [1.165, 1.54) is 20.4 Å². The van der Waals surface area contributed by atoms with Crippen LogP contribution in [-0.2, 0) is 0 Å². The average molecular weight is 275 g/mol. The largest absolute Gasteiger partial charge is 0.480 e. The van der Waals surface area contributed by atoms with Gasteiger partial charge >= 0.3 is 0 Å². The molecule has 1 unspecified atom stereocenters. The van der Waals surface area contributed by atoms with Gasteiger partial charge in [-0.25, -0.2) is 10.4 Å². The molecule has 7 nitrogen and oxygen atoms in total. The molecule has 2 rings (SSSR count). The summed E-state index contributed by atoms with van der Waals surface area (Å²) >= 11 is 0. The molecule has 0 bridgehead atoms. The van der Waals surface area contributed by atoms with E-state index < -0.39 is 0 Å². The highest BCUT2D eigenvalue weighted by Crippen LogP contribution is 2.28. The number of rotatable bonds is 5. The van der Waals surface area contributed by atoms with Gasteiger partial charge in [0.1, 0.15) is 5.69 Å². The standard InChI is InChI=1S/C13H17N5O2/c1-8-6-15-5-4-9(8)11(18-14)12-13(20-3)17-10(19-2)7-16-12/h4-7,11,18H,14H2,1-3H3. The third-order valence-electron chi connectivity index (χ3n) is 2.96. The molecule has 2 aromatic heterocycles. The quantitative estimate of drug-likeness (QED) is 0.614. The number of aromatic nitrogens is 3. The van der Waals surface area contributed by atoms with Crippen LogP contribution in [0.25, 0.3) is 0 Å². The summed E-state index contributed by atoms with van der Waals surface area (Å²) in [6.07, 6.45) is 5.00. The van der Waals surface area contributed by atoms with Crippen molar-refractivity contribution >= 4 is 0 Å². The number of hydrazine groups is 1. The summed E-state index contributed by atoms with van der Waals surface area (Å²) in [5.74, 6) is 6.42. The lowest BCUT2D eigenvalue weighted by Crippen LogP contribution is -2.30. The highest BCUT2D eigenvalue weighted by Gasteiger charge is 2.22. The molecule has 0 aromatic carbocycles. The van der Waals surface area contributed by atoms with Crippen molar-refractivity contribution in [3.05, 3.63) is 41.5 Å². The van der Waals surface area contributed by atoms with Crippen molar-refractivity contribution in [1.29, 1.82) is 0 Å². The van der Waals surface area contributed by atoms with Crippen LogP contribution in [0.1, 0.15) is 22.9 Å². The molecule has 1 atom stereocenters. The molecule has 106 valence electrons. The zero-order chi connectivity index (χ0) is 14.5. The molecule has 0 saturated heterocycles. The summed E-state index contributed by atoms with van der Waals surface area (Å²) in [6.45, 7) is 1.95. The minimum absolute atomic E-state index is 0.341. The Bertz CT molecular complexity index is 591. The fraction of sp³-hybridized carbons (Fsp3) is 0.308. The van der Waals surface area contributed by atoms with E-state index in [0.717, 1.165) is 11.1 Å². The summed E-state index contributed by atoms with van der Waals surface area (Å²) in [5.41, 5.74) is 5.28. The number of nitrogens with one attached hydrogen (secondary N) is 1. The Balaban J connectivity index is 2.49. The summed E-state index contributed by atoms with van der Waals surface area (Å²) in [4.78, 5) is 12.6. The number of pyridine rings is 1. The second kappa shape index (κ2) is 6.27. The molecule has 0 aliphatic rings. The molecule has 2 aromatic rings. The number of nitrogens with zero attached hydrogens (tertiary/aromatic N) is 3. The van der Waals surface area contributed by atoms with Gasteiger partial charge in [0.15, 0.2) is 0 Å². The van der Waals surface area contributed by atoms with Gasteiger partial charge < -0.3 is 9.47 Å². The Kier molecular flexibility index (Phi) is 4.44. The molecule has 0 aliphatic heterocycles. The summed E-state index contributed by atoms with van der Waals surface area (Å²) < 4.78 is 10.3. The van der Waals surface area contributed by atoms with Crippen LogP contribution in [0.5, 0.6) is 11.8 Å². The van der Waals surface area contributed by atoms with Crippen LogP contribution in [0.15, 0.2) is 24.7 Å². The van der Waals surface area contributed by atoms with Crippen molar-refractivity contribution in [2.75, 3.05) is 14.2 Å². The van der Waals surface area contributed by atoms with Crippen LogP contribution in [0.2, 0.25) is 0 Å². The Morgan fingerprint density at radius 2 is 2.05 bits per heavy atom. The van der Waals surface area contributed by atoms with Gasteiger partial charge in [-0.2, -0.15) is 4.98 Å². The van der Waals surface area contributed by atoms with Gasteiger partial charge in [-0.3, -0.25) is 10.8 Å². The number of aryl methyl sites for hydroxylation is 1. The van der Waals surface area contributed by atoms with E-state index in [-0.39, 0.29) is 6.04 Å². The van der Waals surface area contributed by atoms with Crippen molar-refractivity contribution in [2.45, 2.75) is 13.0 Å². The van der Waals surface area contributed by atoms with E-state index in [4.69, 9.17) is 15.3 Å². The normalized spacial score (nSPS) is 12.0. The maximum absolute atomic E-state index is 5.67. The first kappa shape index (κ1) is 14.2. The first-order valence-electron chi connectivity index (χ1n) is 6.02. The maximum atomic E-state index is 5.67. The maximum Gasteiger partial charge on any atom is 0.240 e. The van der Waals surface area contributed by atoms with E-state index in [2.05, 4.69) is 20.4 Å². The van der Waals surface area contributed by atoms with E-state index in [1.54, 1.807) is 12.4 Å². The first-order valence-corrected chi connectivity index (χ1v) is 6.02. The zero-order valence-corrected chi connectivity index (χ0v) is 11.6. The van der Waals surface area contributed by atoms with E-state index in [1.807, 2.05) is 13.0 Å². The van der Waals surface area contributed by atoms with Crippen LogP contribution in [0.3, 0.4) is 0 Å². The number of methoxy groups -OCH3 is 2. The number of nitrogens with two attached hydrogens (primary N) is 1. The third-order valence-corrected chi connectivity index (χ3v) is 2.96. The lowest BCUT2D eigenvalue weighted by atomic mass is 10.0. The molecule has 2 heterocycles. The molecular formula is C13H17N5O2. The Hall–Kier alpha value is -2.25. The van der Waals surface area contributed by atoms with E-state index in [0.29, 0.717) is 17.5 Å². The second-order valence-electron chi connectivity index (χ2n) is 4.14. The summed E-state index contributed by atoms with van der Waals surface area (Å²) in [7, 11) is 3.05. The van der Waals surface area contributed by atoms with Gasteiger partial charge in [-0.1, -0.05) is 0 Å². The third kappa shape index (κ3) is 2.68. The molecule has 0 spiro atoms. The zero-order valence-electron chi connectivity index (χ0n) is 11.6. The molecule has 7 heteroatoms. The minimum Gasteiger partial charge on any atom is -0.480 e. The van der Waals surface area contributed by atoms with Crippen molar-refractivity contribution < 1.29 is 9.47 Å². The van der Waals surface area contributed by atoms with Crippen LogP contribution < -0.4 is 20.7 Å². The van der Waals surface area contributed by atoms with Crippen molar-refractivity contribution in [2.24, 2.45) is 5.84 Å². The van der Waals surface area contributed by atoms with E-state index in [9.17, 15) is 0 Å². The average Bonchev–Trinajstić information content (AvgIpc) is 2.50. The lowest BCUT2D eigenvalue weighted by molar-refractivity contribution is 0.352. The Morgan fingerprint density at radius 1 is 1.25 bits per heavy atom.